The van der Waals surface area contributed by atoms with Crippen LogP contribution in [-0.4, -0.2) is 13.1 Å². The Balaban J connectivity index is 1.96. The lowest BCUT2D eigenvalue weighted by atomic mass is 9.75. The van der Waals surface area contributed by atoms with E-state index in [1.165, 1.54) is 84.2 Å². The zero-order valence-corrected chi connectivity index (χ0v) is 14.4. The summed E-state index contributed by atoms with van der Waals surface area (Å²) in [4.78, 5) is 11.0. The molecule has 1 fully saturated rings. The zero-order chi connectivity index (χ0) is 15.3. The smallest absolute Gasteiger partial charge is 0.305 e. The van der Waals surface area contributed by atoms with Crippen molar-refractivity contribution in [2.24, 2.45) is 11.8 Å². The Bertz CT molecular complexity index is 260. The molecule has 0 unspecified atom stereocenters. The summed E-state index contributed by atoms with van der Waals surface area (Å²) in [5.74, 6) is 2.00. The average molecular weight is 296 g/mol. The molecule has 124 valence electrons. The van der Waals surface area contributed by atoms with Crippen LogP contribution in [0.25, 0.3) is 0 Å². The van der Waals surface area contributed by atoms with Gasteiger partial charge >= 0.3 is 5.97 Å². The second kappa shape index (κ2) is 12.1. The maximum absolute atomic E-state index is 11.0. The summed E-state index contributed by atoms with van der Waals surface area (Å²) in [6, 6.07) is 0. The first-order valence-corrected chi connectivity index (χ1v) is 9.34. The Morgan fingerprint density at radius 1 is 0.905 bits per heavy atom. The molecule has 21 heavy (non-hydrogen) atoms. The normalized spacial score (nSPS) is 22.2. The van der Waals surface area contributed by atoms with Crippen LogP contribution in [0.4, 0.5) is 0 Å². The lowest BCUT2D eigenvalue weighted by Gasteiger charge is -2.31. The molecule has 0 N–H and O–H groups in total. The van der Waals surface area contributed by atoms with Gasteiger partial charge in [0.25, 0.3) is 0 Å². The Labute approximate surface area is 132 Å². The first-order chi connectivity index (χ1) is 10.3. The summed E-state index contributed by atoms with van der Waals surface area (Å²) < 4.78 is 4.65. The molecule has 2 atom stereocenters. The van der Waals surface area contributed by atoms with Crippen LogP contribution in [0.1, 0.15) is 96.8 Å². The van der Waals surface area contributed by atoms with E-state index < -0.39 is 0 Å². The van der Waals surface area contributed by atoms with E-state index in [1.54, 1.807) is 0 Å². The first kappa shape index (κ1) is 18.5. The Kier molecular flexibility index (Phi) is 10.6. The summed E-state index contributed by atoms with van der Waals surface area (Å²) in [7, 11) is 1.47. The van der Waals surface area contributed by atoms with Gasteiger partial charge in [0.2, 0.25) is 0 Å². The first-order valence-electron chi connectivity index (χ1n) is 9.34. The van der Waals surface area contributed by atoms with Crippen molar-refractivity contribution >= 4 is 5.97 Å². The number of esters is 1. The van der Waals surface area contributed by atoms with E-state index in [9.17, 15) is 4.79 Å². The molecular weight excluding hydrogens is 260 g/mol. The SMILES string of the molecule is CCC[C@@H]1CCCC[C@H]1CCCCCCCCC(=O)OC. The molecular formula is C19H36O2. The molecule has 1 rings (SSSR count). The van der Waals surface area contributed by atoms with E-state index in [-0.39, 0.29) is 5.97 Å². The summed E-state index contributed by atoms with van der Waals surface area (Å²) in [6.45, 7) is 2.33. The zero-order valence-electron chi connectivity index (χ0n) is 14.4. The van der Waals surface area contributed by atoms with E-state index >= 15 is 0 Å². The minimum Gasteiger partial charge on any atom is -0.469 e. The number of carbonyl (C=O) groups excluding carboxylic acids is 1. The molecule has 0 bridgehead atoms. The largest absolute Gasteiger partial charge is 0.469 e. The van der Waals surface area contributed by atoms with Gasteiger partial charge in [0, 0.05) is 6.42 Å². The van der Waals surface area contributed by atoms with E-state index in [4.69, 9.17) is 0 Å². The van der Waals surface area contributed by atoms with Crippen LogP contribution in [0, 0.1) is 11.8 Å². The predicted octanol–water partition coefficient (Wildman–Crippen LogP) is 5.89. The maximum Gasteiger partial charge on any atom is 0.305 e. The van der Waals surface area contributed by atoms with Crippen molar-refractivity contribution < 1.29 is 9.53 Å². The number of hydrogen-bond donors (Lipinski definition) is 0. The second-order valence-corrected chi connectivity index (χ2v) is 6.83. The molecule has 0 saturated heterocycles. The van der Waals surface area contributed by atoms with Crippen LogP contribution in [0.5, 0.6) is 0 Å². The molecule has 1 aliphatic rings. The Morgan fingerprint density at radius 2 is 1.48 bits per heavy atom. The van der Waals surface area contributed by atoms with Gasteiger partial charge in [-0.3, -0.25) is 4.79 Å². The van der Waals surface area contributed by atoms with Crippen molar-refractivity contribution in [2.45, 2.75) is 96.8 Å². The summed E-state index contributed by atoms with van der Waals surface area (Å²) in [5.41, 5.74) is 0. The van der Waals surface area contributed by atoms with Gasteiger partial charge in [-0.15, -0.1) is 0 Å². The third-order valence-corrected chi connectivity index (χ3v) is 5.16. The molecule has 1 saturated carbocycles. The molecule has 0 spiro atoms. The van der Waals surface area contributed by atoms with Gasteiger partial charge in [-0.1, -0.05) is 84.0 Å². The van der Waals surface area contributed by atoms with Crippen LogP contribution in [0.2, 0.25) is 0 Å². The maximum atomic E-state index is 11.0. The van der Waals surface area contributed by atoms with Crippen LogP contribution < -0.4 is 0 Å². The van der Waals surface area contributed by atoms with Gasteiger partial charge in [-0.2, -0.15) is 0 Å². The molecule has 2 nitrogen and oxygen atoms in total. The molecule has 1 aliphatic carbocycles. The summed E-state index contributed by atoms with van der Waals surface area (Å²) >= 11 is 0. The topological polar surface area (TPSA) is 26.3 Å². The van der Waals surface area contributed by atoms with Crippen LogP contribution in [0.3, 0.4) is 0 Å². The lowest BCUT2D eigenvalue weighted by molar-refractivity contribution is -0.140. The van der Waals surface area contributed by atoms with Crippen molar-refractivity contribution in [1.82, 2.24) is 0 Å². The molecule has 0 aromatic heterocycles. The molecule has 2 heteroatoms. The fraction of sp³-hybridized carbons (Fsp3) is 0.947. The number of rotatable bonds is 11. The van der Waals surface area contributed by atoms with Crippen molar-refractivity contribution in [3.63, 3.8) is 0 Å². The fourth-order valence-electron chi connectivity index (χ4n) is 3.90. The van der Waals surface area contributed by atoms with E-state index in [2.05, 4.69) is 11.7 Å². The highest BCUT2D eigenvalue weighted by atomic mass is 16.5. The van der Waals surface area contributed by atoms with Crippen LogP contribution in [0.15, 0.2) is 0 Å². The van der Waals surface area contributed by atoms with E-state index in [0.717, 1.165) is 18.3 Å². The Hall–Kier alpha value is -0.530. The monoisotopic (exact) mass is 296 g/mol. The van der Waals surface area contributed by atoms with Gasteiger partial charge in [0.1, 0.15) is 0 Å². The molecule has 0 heterocycles. The van der Waals surface area contributed by atoms with Crippen LogP contribution >= 0.6 is 0 Å². The molecule has 0 aromatic rings. The minimum atomic E-state index is -0.0609. The highest BCUT2D eigenvalue weighted by molar-refractivity contribution is 5.68. The van der Waals surface area contributed by atoms with Crippen molar-refractivity contribution in [3.8, 4) is 0 Å². The Morgan fingerprint density at radius 3 is 2.10 bits per heavy atom. The van der Waals surface area contributed by atoms with Crippen molar-refractivity contribution in [1.29, 1.82) is 0 Å². The summed E-state index contributed by atoms with van der Waals surface area (Å²) in [5, 5.41) is 0. The number of unbranched alkanes of at least 4 members (excludes halogenated alkanes) is 5. The van der Waals surface area contributed by atoms with E-state index in [1.807, 2.05) is 0 Å². The third kappa shape index (κ3) is 8.48. The quantitative estimate of drug-likeness (QED) is 0.351. The number of ether oxygens (including phenoxy) is 1. The van der Waals surface area contributed by atoms with E-state index in [0.29, 0.717) is 6.42 Å². The van der Waals surface area contributed by atoms with Crippen molar-refractivity contribution in [2.75, 3.05) is 7.11 Å². The minimum absolute atomic E-state index is 0.0609. The number of carbonyl (C=O) groups is 1. The molecule has 0 amide bonds. The summed E-state index contributed by atoms with van der Waals surface area (Å²) in [6.07, 6.45) is 18.4. The average Bonchev–Trinajstić information content (AvgIpc) is 2.51. The highest BCUT2D eigenvalue weighted by Crippen LogP contribution is 2.36. The van der Waals surface area contributed by atoms with Gasteiger partial charge in [0.05, 0.1) is 7.11 Å². The second-order valence-electron chi connectivity index (χ2n) is 6.83. The highest BCUT2D eigenvalue weighted by Gasteiger charge is 2.23. The molecule has 0 radical (unpaired) electrons. The molecule has 0 aliphatic heterocycles. The van der Waals surface area contributed by atoms with Gasteiger partial charge in [-0.05, 0) is 18.3 Å². The molecule has 0 aromatic carbocycles. The number of hydrogen-bond acceptors (Lipinski definition) is 2. The van der Waals surface area contributed by atoms with Crippen molar-refractivity contribution in [3.05, 3.63) is 0 Å². The standard InChI is InChI=1S/C19H36O2/c1-3-12-17-14-10-11-15-18(17)13-8-6-4-5-7-9-16-19(20)21-2/h17-18H,3-16H2,1-2H3/t17-,18-/m1/s1. The fourth-order valence-corrected chi connectivity index (χ4v) is 3.90. The number of methoxy groups -OCH3 is 1. The predicted molar refractivity (Wildman–Crippen MR) is 89.3 cm³/mol. The lowest BCUT2D eigenvalue weighted by Crippen LogP contribution is -2.19. The van der Waals surface area contributed by atoms with Crippen LogP contribution in [-0.2, 0) is 9.53 Å². The van der Waals surface area contributed by atoms with Gasteiger partial charge in [-0.25, -0.2) is 0 Å². The van der Waals surface area contributed by atoms with Gasteiger partial charge < -0.3 is 4.74 Å². The third-order valence-electron chi connectivity index (χ3n) is 5.16. The van der Waals surface area contributed by atoms with Gasteiger partial charge in [0.15, 0.2) is 0 Å².